The van der Waals surface area contributed by atoms with Gasteiger partial charge in [0.2, 0.25) is 0 Å². The number of nitrogens with two attached hydrogens (primary N) is 1. The topological polar surface area (TPSA) is 90.6 Å². The van der Waals surface area contributed by atoms with Crippen LogP contribution in [0.25, 0.3) is 10.9 Å². The lowest BCUT2D eigenvalue weighted by Crippen LogP contribution is -2.43. The number of aromatic nitrogens is 2. The molecule has 172 valence electrons. The molecule has 0 unspecified atom stereocenters. The molecule has 1 fully saturated rings. The van der Waals surface area contributed by atoms with Crippen LogP contribution >= 0.6 is 0 Å². The second-order valence-electron chi connectivity index (χ2n) is 8.14. The molecule has 0 radical (unpaired) electrons. The molecule has 7 nitrogen and oxygen atoms in total. The molecule has 1 saturated heterocycles. The van der Waals surface area contributed by atoms with E-state index < -0.39 is 17.8 Å². The van der Waals surface area contributed by atoms with Gasteiger partial charge in [0.25, 0.3) is 5.91 Å². The summed E-state index contributed by atoms with van der Waals surface area (Å²) >= 11 is 0. The molecule has 10 heteroatoms. The van der Waals surface area contributed by atoms with Gasteiger partial charge >= 0.3 is 6.18 Å². The Bertz CT molecular complexity index is 1230. The summed E-state index contributed by atoms with van der Waals surface area (Å²) in [5.41, 5.74) is 8.41. The molecule has 2 aliphatic heterocycles. The monoisotopic (exact) mass is 458 g/mol. The van der Waals surface area contributed by atoms with Gasteiger partial charge in [-0.25, -0.2) is 9.97 Å². The van der Waals surface area contributed by atoms with Crippen molar-refractivity contribution in [1.29, 1.82) is 0 Å². The van der Waals surface area contributed by atoms with Crippen molar-refractivity contribution in [2.45, 2.75) is 31.9 Å². The van der Waals surface area contributed by atoms with Gasteiger partial charge in [0, 0.05) is 17.5 Å². The number of nitrogens with zero attached hydrogens (tertiary/aromatic N) is 3. The van der Waals surface area contributed by atoms with Gasteiger partial charge in [0.05, 0.1) is 49.2 Å². The standard InChI is InChI=1S/C23H21F3N4O3/c1-12-20-16(10-33-12)15-8-17(28-9-18(15)29-21(20)27)22(31)30-6-7-32-11-19(30)13-2-4-14(5-3-13)23(24,25)26/h2-5,8-9,12,19H,6-7,10-11H2,1H3,(H2,27,29)/t12-,19-/m1/s1. The zero-order valence-corrected chi connectivity index (χ0v) is 17.7. The number of hydrogen-bond acceptors (Lipinski definition) is 6. The van der Waals surface area contributed by atoms with Crippen LogP contribution in [0, 0.1) is 0 Å². The van der Waals surface area contributed by atoms with Gasteiger partial charge in [0.1, 0.15) is 11.5 Å². The fourth-order valence-corrected chi connectivity index (χ4v) is 4.45. The van der Waals surface area contributed by atoms with Crippen LogP contribution in [0.1, 0.15) is 51.8 Å². The molecule has 2 N–H and O–H groups in total. The van der Waals surface area contributed by atoms with Crippen LogP contribution < -0.4 is 5.73 Å². The Balaban J connectivity index is 1.49. The van der Waals surface area contributed by atoms with Gasteiger partial charge in [-0.3, -0.25) is 4.79 Å². The number of morpholine rings is 1. The minimum atomic E-state index is -4.43. The largest absolute Gasteiger partial charge is 0.416 e. The fourth-order valence-electron chi connectivity index (χ4n) is 4.45. The van der Waals surface area contributed by atoms with E-state index in [0.717, 1.165) is 28.6 Å². The molecule has 2 aromatic heterocycles. The summed E-state index contributed by atoms with van der Waals surface area (Å²) in [6, 6.07) is 5.96. The Morgan fingerprint density at radius 2 is 2.00 bits per heavy atom. The van der Waals surface area contributed by atoms with E-state index in [1.54, 1.807) is 11.0 Å². The Morgan fingerprint density at radius 1 is 1.24 bits per heavy atom. The van der Waals surface area contributed by atoms with E-state index in [2.05, 4.69) is 9.97 Å². The summed E-state index contributed by atoms with van der Waals surface area (Å²) in [4.78, 5) is 23.7. The highest BCUT2D eigenvalue weighted by Crippen LogP contribution is 2.38. The number of fused-ring (bicyclic) bond motifs is 3. The fraction of sp³-hybridized carbons (Fsp3) is 0.348. The van der Waals surface area contributed by atoms with Crippen LogP contribution in [0.2, 0.25) is 0 Å². The van der Waals surface area contributed by atoms with Gasteiger partial charge in [0.15, 0.2) is 0 Å². The zero-order valence-electron chi connectivity index (χ0n) is 17.7. The summed E-state index contributed by atoms with van der Waals surface area (Å²) in [5, 5.41) is 0.751. The van der Waals surface area contributed by atoms with Gasteiger partial charge < -0.3 is 20.1 Å². The first-order valence-corrected chi connectivity index (χ1v) is 10.5. The lowest BCUT2D eigenvalue weighted by molar-refractivity contribution is -0.137. The molecule has 0 spiro atoms. The predicted octanol–water partition coefficient (Wildman–Crippen LogP) is 4.04. The molecule has 0 aliphatic carbocycles. The summed E-state index contributed by atoms with van der Waals surface area (Å²) in [6.45, 7) is 3.07. The van der Waals surface area contributed by atoms with Crippen LogP contribution in [0.4, 0.5) is 19.0 Å². The number of anilines is 1. The van der Waals surface area contributed by atoms with Gasteiger partial charge in [-0.1, -0.05) is 12.1 Å². The SMILES string of the molecule is C[C@H]1OCc2c1c(N)nc1cnc(C(=O)N3CCOC[C@@H]3c3ccc(C(F)(F)F)cc3)cc21. The molecule has 1 aromatic carbocycles. The normalized spacial score (nSPS) is 20.8. The van der Waals surface area contributed by atoms with E-state index in [-0.39, 0.29) is 24.3 Å². The van der Waals surface area contributed by atoms with Gasteiger partial charge in [-0.15, -0.1) is 0 Å². The first-order chi connectivity index (χ1) is 15.7. The third kappa shape index (κ3) is 3.79. The van der Waals surface area contributed by atoms with Crippen LogP contribution in [-0.4, -0.2) is 40.5 Å². The van der Waals surface area contributed by atoms with Crippen molar-refractivity contribution in [3.63, 3.8) is 0 Å². The van der Waals surface area contributed by atoms with E-state index >= 15 is 0 Å². The van der Waals surface area contributed by atoms with Crippen molar-refractivity contribution in [3.8, 4) is 0 Å². The third-order valence-corrected chi connectivity index (χ3v) is 6.17. The van der Waals surface area contributed by atoms with E-state index in [4.69, 9.17) is 15.2 Å². The highest BCUT2D eigenvalue weighted by atomic mass is 19.4. The second-order valence-corrected chi connectivity index (χ2v) is 8.14. The maximum atomic E-state index is 13.4. The van der Waals surface area contributed by atoms with Crippen LogP contribution in [0.3, 0.4) is 0 Å². The minimum Gasteiger partial charge on any atom is -0.383 e. The van der Waals surface area contributed by atoms with Crippen molar-refractivity contribution in [1.82, 2.24) is 14.9 Å². The average molecular weight is 458 g/mol. The second kappa shape index (κ2) is 7.96. The number of alkyl halides is 3. The highest BCUT2D eigenvalue weighted by Gasteiger charge is 2.33. The predicted molar refractivity (Wildman–Crippen MR) is 113 cm³/mol. The lowest BCUT2D eigenvalue weighted by atomic mass is 10.0. The number of ether oxygens (including phenoxy) is 2. The van der Waals surface area contributed by atoms with Gasteiger partial charge in [-0.05, 0) is 36.2 Å². The highest BCUT2D eigenvalue weighted by molar-refractivity contribution is 5.97. The number of amides is 1. The van der Waals surface area contributed by atoms with E-state index in [1.807, 2.05) is 6.92 Å². The minimum absolute atomic E-state index is 0.184. The molecule has 5 rings (SSSR count). The van der Waals surface area contributed by atoms with Crippen molar-refractivity contribution in [2.75, 3.05) is 25.5 Å². The molecule has 0 saturated carbocycles. The van der Waals surface area contributed by atoms with Crippen molar-refractivity contribution < 1.29 is 27.4 Å². The maximum Gasteiger partial charge on any atom is 0.416 e. The molecular formula is C23H21F3N4O3. The smallest absolute Gasteiger partial charge is 0.383 e. The molecule has 2 aliphatic rings. The van der Waals surface area contributed by atoms with Crippen LogP contribution in [0.5, 0.6) is 0 Å². The van der Waals surface area contributed by atoms with Crippen molar-refractivity contribution in [3.05, 3.63) is 64.5 Å². The van der Waals surface area contributed by atoms with Gasteiger partial charge in [-0.2, -0.15) is 13.2 Å². The average Bonchev–Trinajstić information content (AvgIpc) is 3.20. The molecule has 1 amide bonds. The maximum absolute atomic E-state index is 13.4. The number of carbonyl (C=O) groups excluding carboxylic acids is 1. The number of pyridine rings is 2. The Morgan fingerprint density at radius 3 is 2.73 bits per heavy atom. The number of carbonyl (C=O) groups is 1. The first kappa shape index (κ1) is 21.6. The summed E-state index contributed by atoms with van der Waals surface area (Å²) < 4.78 is 50.1. The summed E-state index contributed by atoms with van der Waals surface area (Å²) in [7, 11) is 0. The quantitative estimate of drug-likeness (QED) is 0.624. The van der Waals surface area contributed by atoms with E-state index in [0.29, 0.717) is 36.7 Å². The lowest BCUT2D eigenvalue weighted by Gasteiger charge is -2.35. The third-order valence-electron chi connectivity index (χ3n) is 6.17. The van der Waals surface area contributed by atoms with Crippen molar-refractivity contribution >= 4 is 22.6 Å². The molecule has 33 heavy (non-hydrogen) atoms. The number of rotatable bonds is 2. The van der Waals surface area contributed by atoms with Crippen LogP contribution in [-0.2, 0) is 22.3 Å². The Labute approximate surface area is 187 Å². The molecule has 4 heterocycles. The van der Waals surface area contributed by atoms with Crippen molar-refractivity contribution in [2.24, 2.45) is 0 Å². The number of hydrogen-bond donors (Lipinski definition) is 1. The van der Waals surface area contributed by atoms with E-state index in [9.17, 15) is 18.0 Å². The number of halogens is 3. The molecule has 2 atom stereocenters. The number of nitrogen functional groups attached to an aromatic ring is 1. The Hall–Kier alpha value is -3.24. The molecular weight excluding hydrogens is 437 g/mol. The zero-order chi connectivity index (χ0) is 23.3. The van der Waals surface area contributed by atoms with E-state index in [1.165, 1.54) is 18.3 Å². The summed E-state index contributed by atoms with van der Waals surface area (Å²) in [5.74, 6) is 0.0570. The first-order valence-electron chi connectivity index (χ1n) is 10.5. The summed E-state index contributed by atoms with van der Waals surface area (Å²) in [6.07, 6.45) is -3.10. The number of benzene rings is 1. The Kier molecular flexibility index (Phi) is 5.21. The molecule has 0 bridgehead atoms. The van der Waals surface area contributed by atoms with Crippen LogP contribution in [0.15, 0.2) is 36.5 Å². The molecule has 3 aromatic rings.